The second kappa shape index (κ2) is 6.12. The number of aliphatic hydroxyl groups excluding tert-OH is 1. The van der Waals surface area contributed by atoms with Crippen LogP contribution in [0.2, 0.25) is 0 Å². The number of carbonyl (C=O) groups is 1. The van der Waals surface area contributed by atoms with E-state index in [9.17, 15) is 14.3 Å². The third kappa shape index (κ3) is 3.52. The van der Waals surface area contributed by atoms with Gasteiger partial charge in [0, 0.05) is 6.61 Å². The van der Waals surface area contributed by atoms with Gasteiger partial charge in [-0.05, 0) is 31.0 Å². The molecule has 0 bridgehead atoms. The molecule has 104 valence electrons. The Hall–Kier alpha value is -1.46. The van der Waals surface area contributed by atoms with Gasteiger partial charge in [0.1, 0.15) is 5.82 Å². The van der Waals surface area contributed by atoms with Crippen LogP contribution in [0.25, 0.3) is 0 Å². The molecule has 19 heavy (non-hydrogen) atoms. The van der Waals surface area contributed by atoms with Gasteiger partial charge in [0.05, 0.1) is 24.7 Å². The number of hydrogen-bond donors (Lipinski definition) is 2. The van der Waals surface area contributed by atoms with E-state index in [4.69, 9.17) is 4.74 Å². The molecule has 1 aliphatic heterocycles. The maximum absolute atomic E-state index is 12.8. The first-order valence-corrected chi connectivity index (χ1v) is 6.39. The van der Waals surface area contributed by atoms with Gasteiger partial charge in [-0.3, -0.25) is 4.79 Å². The minimum atomic E-state index is -0.855. The summed E-state index contributed by atoms with van der Waals surface area (Å²) in [6.45, 7) is 2.76. The lowest BCUT2D eigenvalue weighted by Crippen LogP contribution is -2.40. The van der Waals surface area contributed by atoms with Crippen molar-refractivity contribution in [2.75, 3.05) is 13.2 Å². The Morgan fingerprint density at radius 1 is 1.47 bits per heavy atom. The van der Waals surface area contributed by atoms with Gasteiger partial charge >= 0.3 is 0 Å². The molecule has 0 saturated carbocycles. The van der Waals surface area contributed by atoms with E-state index in [0.29, 0.717) is 25.2 Å². The summed E-state index contributed by atoms with van der Waals surface area (Å²) in [5.74, 6) is -0.593. The number of aliphatic hydroxyl groups is 1. The standard InChI is InChI=1S/C14H18FNO3/c1-9(16-14(18)11-6-7-19-8-11)13(17)10-2-4-12(15)5-3-10/h2-5,9,11,13,17H,6-8H2,1H3,(H,16,18). The molecule has 0 aromatic heterocycles. The number of halogens is 1. The number of benzene rings is 1. The van der Waals surface area contributed by atoms with E-state index < -0.39 is 12.1 Å². The highest BCUT2D eigenvalue weighted by Crippen LogP contribution is 2.18. The van der Waals surface area contributed by atoms with Crippen LogP contribution < -0.4 is 5.32 Å². The molecule has 1 fully saturated rings. The number of carbonyl (C=O) groups excluding carboxylic acids is 1. The Labute approximate surface area is 111 Å². The van der Waals surface area contributed by atoms with Crippen LogP contribution in [0, 0.1) is 11.7 Å². The fourth-order valence-electron chi connectivity index (χ4n) is 2.11. The molecular formula is C14H18FNO3. The third-order valence-corrected chi connectivity index (χ3v) is 3.36. The predicted molar refractivity (Wildman–Crippen MR) is 67.9 cm³/mol. The van der Waals surface area contributed by atoms with Crippen LogP contribution >= 0.6 is 0 Å². The highest BCUT2D eigenvalue weighted by Gasteiger charge is 2.26. The molecule has 0 aliphatic carbocycles. The van der Waals surface area contributed by atoms with E-state index in [2.05, 4.69) is 5.32 Å². The van der Waals surface area contributed by atoms with Crippen LogP contribution in [0.1, 0.15) is 25.0 Å². The van der Waals surface area contributed by atoms with E-state index in [1.165, 1.54) is 24.3 Å². The Morgan fingerprint density at radius 3 is 2.74 bits per heavy atom. The minimum absolute atomic E-state index is 0.105. The second-order valence-electron chi connectivity index (χ2n) is 4.85. The van der Waals surface area contributed by atoms with Gasteiger partial charge < -0.3 is 15.2 Å². The summed E-state index contributed by atoms with van der Waals surface area (Å²) in [5.41, 5.74) is 0.580. The first-order chi connectivity index (χ1) is 9.08. The van der Waals surface area contributed by atoms with Crippen molar-refractivity contribution in [2.45, 2.75) is 25.5 Å². The lowest BCUT2D eigenvalue weighted by Gasteiger charge is -2.22. The van der Waals surface area contributed by atoms with Crippen LogP contribution in [0.5, 0.6) is 0 Å². The largest absolute Gasteiger partial charge is 0.386 e. The molecule has 1 saturated heterocycles. The smallest absolute Gasteiger partial charge is 0.225 e. The number of nitrogens with one attached hydrogen (secondary N) is 1. The zero-order valence-electron chi connectivity index (χ0n) is 10.8. The number of hydrogen-bond acceptors (Lipinski definition) is 3. The summed E-state index contributed by atoms with van der Waals surface area (Å²) in [7, 11) is 0. The minimum Gasteiger partial charge on any atom is -0.386 e. The van der Waals surface area contributed by atoms with Crippen molar-refractivity contribution in [1.82, 2.24) is 5.32 Å². The molecule has 2 rings (SSSR count). The molecule has 1 aromatic carbocycles. The van der Waals surface area contributed by atoms with Gasteiger partial charge in [-0.25, -0.2) is 4.39 Å². The van der Waals surface area contributed by atoms with E-state index in [0.717, 1.165) is 0 Å². The number of rotatable bonds is 4. The van der Waals surface area contributed by atoms with Gasteiger partial charge in [0.25, 0.3) is 0 Å². The maximum atomic E-state index is 12.8. The van der Waals surface area contributed by atoms with Crippen molar-refractivity contribution < 1.29 is 19.0 Å². The monoisotopic (exact) mass is 267 g/mol. The molecule has 4 nitrogen and oxygen atoms in total. The maximum Gasteiger partial charge on any atom is 0.225 e. The normalized spacial score (nSPS) is 21.9. The molecular weight excluding hydrogens is 249 g/mol. The van der Waals surface area contributed by atoms with Crippen LogP contribution in [0.15, 0.2) is 24.3 Å². The lowest BCUT2D eigenvalue weighted by atomic mass is 10.0. The average Bonchev–Trinajstić information content (AvgIpc) is 2.92. The predicted octanol–water partition coefficient (Wildman–Crippen LogP) is 1.40. The van der Waals surface area contributed by atoms with Gasteiger partial charge in [0.2, 0.25) is 5.91 Å². The summed E-state index contributed by atoms with van der Waals surface area (Å²) in [6, 6.07) is 5.18. The molecule has 3 atom stereocenters. The topological polar surface area (TPSA) is 58.6 Å². The fourth-order valence-corrected chi connectivity index (χ4v) is 2.11. The fraction of sp³-hybridized carbons (Fsp3) is 0.500. The zero-order valence-corrected chi connectivity index (χ0v) is 10.8. The summed E-state index contributed by atoms with van der Waals surface area (Å²) in [6.07, 6.45) is -0.141. The second-order valence-corrected chi connectivity index (χ2v) is 4.85. The molecule has 3 unspecified atom stereocenters. The van der Waals surface area contributed by atoms with E-state index in [-0.39, 0.29) is 17.6 Å². The third-order valence-electron chi connectivity index (χ3n) is 3.36. The Bertz CT molecular complexity index is 429. The van der Waals surface area contributed by atoms with Gasteiger partial charge in [-0.15, -0.1) is 0 Å². The quantitative estimate of drug-likeness (QED) is 0.867. The highest BCUT2D eigenvalue weighted by atomic mass is 19.1. The molecule has 0 radical (unpaired) electrons. The van der Waals surface area contributed by atoms with Gasteiger partial charge in [-0.1, -0.05) is 12.1 Å². The van der Waals surface area contributed by atoms with Crippen molar-refractivity contribution in [3.8, 4) is 0 Å². The SMILES string of the molecule is CC(NC(=O)C1CCOC1)C(O)c1ccc(F)cc1. The summed E-state index contributed by atoms with van der Waals surface area (Å²) < 4.78 is 18.0. The van der Waals surface area contributed by atoms with Crippen molar-refractivity contribution in [3.05, 3.63) is 35.6 Å². The molecule has 1 heterocycles. The highest BCUT2D eigenvalue weighted by molar-refractivity contribution is 5.79. The van der Waals surface area contributed by atoms with E-state index in [1.807, 2.05) is 0 Å². The van der Waals surface area contributed by atoms with Crippen LogP contribution in [0.4, 0.5) is 4.39 Å². The van der Waals surface area contributed by atoms with E-state index >= 15 is 0 Å². The summed E-state index contributed by atoms with van der Waals surface area (Å²) in [4.78, 5) is 11.9. The summed E-state index contributed by atoms with van der Waals surface area (Å²) in [5, 5.41) is 12.9. The van der Waals surface area contributed by atoms with Gasteiger partial charge in [-0.2, -0.15) is 0 Å². The Morgan fingerprint density at radius 2 is 2.16 bits per heavy atom. The summed E-state index contributed by atoms with van der Waals surface area (Å²) >= 11 is 0. The van der Waals surface area contributed by atoms with Crippen molar-refractivity contribution in [1.29, 1.82) is 0 Å². The first kappa shape index (κ1) is 14.0. The van der Waals surface area contributed by atoms with Crippen molar-refractivity contribution >= 4 is 5.91 Å². The molecule has 1 aliphatic rings. The first-order valence-electron chi connectivity index (χ1n) is 6.39. The molecule has 1 aromatic rings. The molecule has 1 amide bonds. The van der Waals surface area contributed by atoms with Crippen LogP contribution in [-0.4, -0.2) is 30.3 Å². The van der Waals surface area contributed by atoms with E-state index in [1.54, 1.807) is 6.92 Å². The zero-order chi connectivity index (χ0) is 13.8. The average molecular weight is 267 g/mol. The Balaban J connectivity index is 1.93. The molecule has 5 heteroatoms. The number of amides is 1. The molecule has 2 N–H and O–H groups in total. The van der Waals surface area contributed by atoms with Crippen LogP contribution in [0.3, 0.4) is 0 Å². The number of ether oxygens (including phenoxy) is 1. The lowest BCUT2D eigenvalue weighted by molar-refractivity contribution is -0.126. The Kier molecular flexibility index (Phi) is 4.50. The van der Waals surface area contributed by atoms with Crippen molar-refractivity contribution in [2.24, 2.45) is 5.92 Å². The van der Waals surface area contributed by atoms with Gasteiger partial charge in [0.15, 0.2) is 0 Å². The van der Waals surface area contributed by atoms with Crippen LogP contribution in [-0.2, 0) is 9.53 Å². The molecule has 0 spiro atoms. The van der Waals surface area contributed by atoms with Crippen molar-refractivity contribution in [3.63, 3.8) is 0 Å².